The summed E-state index contributed by atoms with van der Waals surface area (Å²) in [4.78, 5) is 2.53. The Morgan fingerprint density at radius 1 is 1.39 bits per heavy atom. The summed E-state index contributed by atoms with van der Waals surface area (Å²) in [5.74, 6) is 2.39. The number of thioether (sulfide) groups is 1. The van der Waals surface area contributed by atoms with Gasteiger partial charge in [0.25, 0.3) is 0 Å². The van der Waals surface area contributed by atoms with Crippen LogP contribution in [-0.4, -0.2) is 35.0 Å². The number of hydrogen-bond acceptors (Lipinski definition) is 3. The van der Waals surface area contributed by atoms with Crippen LogP contribution >= 0.6 is 23.4 Å². The monoisotopic (exact) mass is 284 g/mol. The van der Waals surface area contributed by atoms with Crippen LogP contribution in [0.1, 0.15) is 25.5 Å². The third kappa shape index (κ3) is 3.21. The number of nitrogens with zero attached hydrogens (tertiary/aromatic N) is 1. The second-order valence-corrected chi connectivity index (χ2v) is 6.60. The average Bonchev–Trinajstić information content (AvgIpc) is 2.34. The molecule has 0 amide bonds. The van der Waals surface area contributed by atoms with E-state index in [1.165, 1.54) is 17.1 Å². The van der Waals surface area contributed by atoms with Gasteiger partial charge >= 0.3 is 0 Å². The van der Waals surface area contributed by atoms with Gasteiger partial charge in [0.2, 0.25) is 0 Å². The minimum atomic E-state index is 0.122. The lowest BCUT2D eigenvalue weighted by Crippen LogP contribution is -2.48. The molecule has 100 valence electrons. The maximum Gasteiger partial charge on any atom is 0.0499 e. The van der Waals surface area contributed by atoms with Crippen molar-refractivity contribution < 1.29 is 0 Å². The first-order chi connectivity index (χ1) is 8.59. The molecule has 3 atom stereocenters. The lowest BCUT2D eigenvalue weighted by molar-refractivity contribution is 0.143. The van der Waals surface area contributed by atoms with Gasteiger partial charge in [-0.25, -0.2) is 0 Å². The molecule has 2 N–H and O–H groups in total. The van der Waals surface area contributed by atoms with Crippen LogP contribution in [0.25, 0.3) is 0 Å². The average molecular weight is 285 g/mol. The number of nitrogens with two attached hydrogens (primary N) is 1. The zero-order valence-corrected chi connectivity index (χ0v) is 12.5. The van der Waals surface area contributed by atoms with Gasteiger partial charge in [-0.05, 0) is 31.5 Å². The predicted molar refractivity (Wildman–Crippen MR) is 81.3 cm³/mol. The summed E-state index contributed by atoms with van der Waals surface area (Å²) in [6.45, 7) is 5.49. The van der Waals surface area contributed by atoms with Crippen molar-refractivity contribution in [2.24, 2.45) is 5.73 Å². The quantitative estimate of drug-likeness (QED) is 0.924. The van der Waals surface area contributed by atoms with Gasteiger partial charge < -0.3 is 5.73 Å². The molecule has 1 aromatic carbocycles. The Labute approximate surface area is 119 Å². The van der Waals surface area contributed by atoms with Crippen LogP contribution in [-0.2, 0) is 0 Å². The van der Waals surface area contributed by atoms with E-state index in [-0.39, 0.29) is 12.1 Å². The SMILES string of the molecule is CC(N)C(c1ccc(Cl)cc1)N1CCSCC1C. The fraction of sp³-hybridized carbons (Fsp3) is 0.571. The Kier molecular flexibility index (Phi) is 4.96. The molecule has 1 fully saturated rings. The molecule has 1 aromatic rings. The second-order valence-electron chi connectivity index (χ2n) is 5.02. The second kappa shape index (κ2) is 6.29. The van der Waals surface area contributed by atoms with Crippen molar-refractivity contribution in [3.63, 3.8) is 0 Å². The fourth-order valence-corrected chi connectivity index (χ4v) is 3.78. The van der Waals surface area contributed by atoms with E-state index >= 15 is 0 Å². The van der Waals surface area contributed by atoms with Crippen LogP contribution in [0, 0.1) is 0 Å². The van der Waals surface area contributed by atoms with Crippen LogP contribution in [0.4, 0.5) is 0 Å². The first-order valence-electron chi connectivity index (χ1n) is 6.44. The van der Waals surface area contributed by atoms with Gasteiger partial charge in [0, 0.05) is 41.2 Å². The van der Waals surface area contributed by atoms with Gasteiger partial charge in [0.1, 0.15) is 0 Å². The molecule has 1 aliphatic rings. The molecule has 4 heteroatoms. The third-order valence-corrected chi connectivity index (χ3v) is 4.93. The molecule has 0 radical (unpaired) electrons. The highest BCUT2D eigenvalue weighted by atomic mass is 35.5. The van der Waals surface area contributed by atoms with E-state index in [4.69, 9.17) is 17.3 Å². The highest BCUT2D eigenvalue weighted by Crippen LogP contribution is 2.30. The molecular weight excluding hydrogens is 264 g/mol. The summed E-state index contributed by atoms with van der Waals surface area (Å²) in [6.07, 6.45) is 0. The normalized spacial score (nSPS) is 24.8. The van der Waals surface area contributed by atoms with Crippen LogP contribution in [0.2, 0.25) is 5.02 Å². The molecule has 1 saturated heterocycles. The van der Waals surface area contributed by atoms with Gasteiger partial charge in [-0.15, -0.1) is 0 Å². The van der Waals surface area contributed by atoms with Crippen molar-refractivity contribution in [2.45, 2.75) is 32.0 Å². The zero-order valence-electron chi connectivity index (χ0n) is 11.0. The Bertz CT molecular complexity index is 380. The molecule has 0 aromatic heterocycles. The number of hydrogen-bond donors (Lipinski definition) is 1. The Morgan fingerprint density at radius 3 is 2.61 bits per heavy atom. The molecule has 0 aliphatic carbocycles. The lowest BCUT2D eigenvalue weighted by atomic mass is 9.98. The highest BCUT2D eigenvalue weighted by molar-refractivity contribution is 7.99. The number of halogens is 1. The van der Waals surface area contributed by atoms with Crippen molar-refractivity contribution in [2.75, 3.05) is 18.1 Å². The van der Waals surface area contributed by atoms with Gasteiger partial charge in [0.05, 0.1) is 0 Å². The van der Waals surface area contributed by atoms with Crippen molar-refractivity contribution in [3.8, 4) is 0 Å². The van der Waals surface area contributed by atoms with Crippen molar-refractivity contribution in [1.29, 1.82) is 0 Å². The maximum atomic E-state index is 6.22. The molecule has 3 unspecified atom stereocenters. The largest absolute Gasteiger partial charge is 0.326 e. The van der Waals surface area contributed by atoms with Crippen LogP contribution in [0.15, 0.2) is 24.3 Å². The van der Waals surface area contributed by atoms with Gasteiger partial charge in [-0.1, -0.05) is 23.7 Å². The van der Waals surface area contributed by atoms with Gasteiger partial charge in [0.15, 0.2) is 0 Å². The smallest absolute Gasteiger partial charge is 0.0499 e. The fourth-order valence-electron chi connectivity index (χ4n) is 2.61. The maximum absolute atomic E-state index is 6.22. The van der Waals surface area contributed by atoms with E-state index in [0.717, 1.165) is 11.6 Å². The zero-order chi connectivity index (χ0) is 13.1. The number of rotatable bonds is 3. The van der Waals surface area contributed by atoms with E-state index in [1.54, 1.807) is 0 Å². The standard InChI is InChI=1S/C14H21ClN2S/c1-10-9-18-8-7-17(10)14(11(2)16)12-3-5-13(15)6-4-12/h3-6,10-11,14H,7-9,16H2,1-2H3. The van der Waals surface area contributed by atoms with Crippen molar-refractivity contribution in [1.82, 2.24) is 4.90 Å². The summed E-state index contributed by atoms with van der Waals surface area (Å²) in [7, 11) is 0. The molecular formula is C14H21ClN2S. The minimum Gasteiger partial charge on any atom is -0.326 e. The summed E-state index contributed by atoms with van der Waals surface area (Å²) in [5, 5.41) is 0.782. The lowest BCUT2D eigenvalue weighted by Gasteiger charge is -2.41. The topological polar surface area (TPSA) is 29.3 Å². The Morgan fingerprint density at radius 2 is 2.06 bits per heavy atom. The third-order valence-electron chi connectivity index (χ3n) is 3.49. The van der Waals surface area contributed by atoms with Crippen molar-refractivity contribution in [3.05, 3.63) is 34.9 Å². The Balaban J connectivity index is 2.24. The molecule has 1 aliphatic heterocycles. The van der Waals surface area contributed by atoms with Crippen LogP contribution in [0.5, 0.6) is 0 Å². The molecule has 18 heavy (non-hydrogen) atoms. The van der Waals surface area contributed by atoms with E-state index in [0.29, 0.717) is 6.04 Å². The summed E-state index contributed by atoms with van der Waals surface area (Å²) < 4.78 is 0. The minimum absolute atomic E-state index is 0.122. The first kappa shape index (κ1) is 14.2. The van der Waals surface area contributed by atoms with Crippen molar-refractivity contribution >= 4 is 23.4 Å². The van der Waals surface area contributed by atoms with Crippen LogP contribution in [0.3, 0.4) is 0 Å². The number of benzene rings is 1. The molecule has 1 heterocycles. The van der Waals surface area contributed by atoms with E-state index in [9.17, 15) is 0 Å². The van der Waals surface area contributed by atoms with Crippen LogP contribution < -0.4 is 5.73 Å². The molecule has 0 spiro atoms. The van der Waals surface area contributed by atoms with Gasteiger partial charge in [-0.2, -0.15) is 11.8 Å². The molecule has 2 nitrogen and oxygen atoms in total. The van der Waals surface area contributed by atoms with E-state index in [1.807, 2.05) is 23.9 Å². The van der Waals surface area contributed by atoms with E-state index < -0.39 is 0 Å². The van der Waals surface area contributed by atoms with Gasteiger partial charge in [-0.3, -0.25) is 4.90 Å². The summed E-state index contributed by atoms with van der Waals surface area (Å²) >= 11 is 7.99. The molecule has 2 rings (SSSR count). The summed E-state index contributed by atoms with van der Waals surface area (Å²) in [5.41, 5.74) is 7.49. The summed E-state index contributed by atoms with van der Waals surface area (Å²) in [6, 6.07) is 9.10. The van der Waals surface area contributed by atoms with E-state index in [2.05, 4.69) is 30.9 Å². The Hall–Kier alpha value is -0.220. The highest BCUT2D eigenvalue weighted by Gasteiger charge is 2.29. The molecule has 0 bridgehead atoms. The molecule has 0 saturated carbocycles. The predicted octanol–water partition coefficient (Wildman–Crippen LogP) is 3.17. The first-order valence-corrected chi connectivity index (χ1v) is 7.97.